The number of nitrogens with one attached hydrogen (secondary N) is 1. The lowest BCUT2D eigenvalue weighted by atomic mass is 10.1. The lowest BCUT2D eigenvalue weighted by Gasteiger charge is -2.18. The van der Waals surface area contributed by atoms with Crippen LogP contribution in [0, 0.1) is 0 Å². The number of carbonyl (C=O) groups excluding carboxylic acids is 2. The largest absolute Gasteiger partial charge is 0.465 e. The second-order valence-corrected chi connectivity index (χ2v) is 4.16. The highest BCUT2D eigenvalue weighted by Crippen LogP contribution is 2.18. The van der Waals surface area contributed by atoms with E-state index >= 15 is 0 Å². The van der Waals surface area contributed by atoms with E-state index in [2.05, 4.69) is 10.1 Å². The zero-order valence-corrected chi connectivity index (χ0v) is 12.5. The number of methoxy groups -OCH3 is 1. The van der Waals surface area contributed by atoms with Crippen molar-refractivity contribution in [2.24, 2.45) is 0 Å². The van der Waals surface area contributed by atoms with E-state index in [1.807, 2.05) is 6.92 Å². The minimum absolute atomic E-state index is 0.296. The van der Waals surface area contributed by atoms with E-state index in [1.54, 1.807) is 31.2 Å². The number of ether oxygens (including phenoxy) is 3. The molecule has 0 aromatic heterocycles. The van der Waals surface area contributed by atoms with Crippen molar-refractivity contribution in [2.75, 3.05) is 26.9 Å². The molecule has 1 rings (SSSR count). The summed E-state index contributed by atoms with van der Waals surface area (Å²) in [6, 6.07) is 6.88. The van der Waals surface area contributed by atoms with Crippen LogP contribution in [0.4, 0.5) is 4.79 Å². The third kappa shape index (κ3) is 5.43. The first-order valence-electron chi connectivity index (χ1n) is 6.82. The monoisotopic (exact) mass is 295 g/mol. The van der Waals surface area contributed by atoms with Gasteiger partial charge in [0.1, 0.15) is 0 Å². The van der Waals surface area contributed by atoms with Crippen LogP contribution in [0.1, 0.15) is 35.9 Å². The Morgan fingerprint density at radius 2 is 1.81 bits per heavy atom. The summed E-state index contributed by atoms with van der Waals surface area (Å²) >= 11 is 0. The predicted octanol–water partition coefficient (Wildman–Crippen LogP) is 2.30. The van der Waals surface area contributed by atoms with E-state index in [0.717, 1.165) is 5.56 Å². The molecule has 0 aliphatic carbocycles. The van der Waals surface area contributed by atoms with Gasteiger partial charge in [0.2, 0.25) is 0 Å². The van der Waals surface area contributed by atoms with Crippen molar-refractivity contribution in [1.29, 1.82) is 0 Å². The van der Waals surface area contributed by atoms with E-state index in [-0.39, 0.29) is 12.1 Å². The van der Waals surface area contributed by atoms with Crippen LogP contribution in [0.25, 0.3) is 0 Å². The van der Waals surface area contributed by atoms with Gasteiger partial charge in [-0.15, -0.1) is 0 Å². The zero-order chi connectivity index (χ0) is 15.7. The molecule has 0 saturated carbocycles. The van der Waals surface area contributed by atoms with Crippen LogP contribution in [-0.4, -0.2) is 38.9 Å². The van der Waals surface area contributed by atoms with Crippen LogP contribution in [0.15, 0.2) is 24.3 Å². The lowest BCUT2D eigenvalue weighted by Crippen LogP contribution is -2.30. The molecule has 1 aromatic rings. The third-order valence-electron chi connectivity index (χ3n) is 2.78. The van der Waals surface area contributed by atoms with Crippen LogP contribution < -0.4 is 5.32 Å². The Bertz CT molecular complexity index is 458. The predicted molar refractivity (Wildman–Crippen MR) is 77.2 cm³/mol. The van der Waals surface area contributed by atoms with E-state index < -0.39 is 6.09 Å². The summed E-state index contributed by atoms with van der Waals surface area (Å²) in [5, 5.41) is 2.64. The molecule has 1 aromatic carbocycles. The van der Waals surface area contributed by atoms with Crippen LogP contribution in [-0.2, 0) is 14.2 Å². The molecule has 0 heterocycles. The maximum absolute atomic E-state index is 11.4. The molecule has 0 spiro atoms. The highest BCUT2D eigenvalue weighted by Gasteiger charge is 2.14. The van der Waals surface area contributed by atoms with Gasteiger partial charge in [-0.25, -0.2) is 9.59 Å². The maximum Gasteiger partial charge on any atom is 0.407 e. The molecule has 0 aliphatic heterocycles. The first-order valence-corrected chi connectivity index (χ1v) is 6.82. The summed E-state index contributed by atoms with van der Waals surface area (Å²) in [5.74, 6) is -0.390. The molecule has 116 valence electrons. The third-order valence-corrected chi connectivity index (χ3v) is 2.78. The van der Waals surface area contributed by atoms with Gasteiger partial charge in [0, 0.05) is 6.61 Å². The SMILES string of the molecule is CCOC(=O)NCC(OCC)c1ccc(C(=O)OC)cc1. The number of hydrogen-bond acceptors (Lipinski definition) is 5. The van der Waals surface area contributed by atoms with Crippen molar-refractivity contribution >= 4 is 12.1 Å². The highest BCUT2D eigenvalue weighted by molar-refractivity contribution is 5.89. The zero-order valence-electron chi connectivity index (χ0n) is 12.5. The van der Waals surface area contributed by atoms with Crippen LogP contribution in [0.5, 0.6) is 0 Å². The Balaban J connectivity index is 2.71. The van der Waals surface area contributed by atoms with Gasteiger partial charge >= 0.3 is 12.1 Å². The van der Waals surface area contributed by atoms with Gasteiger partial charge in [0.05, 0.1) is 31.9 Å². The van der Waals surface area contributed by atoms with Gasteiger partial charge in [-0.05, 0) is 31.5 Å². The van der Waals surface area contributed by atoms with E-state index in [1.165, 1.54) is 7.11 Å². The molecule has 0 saturated heterocycles. The van der Waals surface area contributed by atoms with Crippen molar-refractivity contribution in [3.05, 3.63) is 35.4 Å². The molecule has 1 atom stereocenters. The molecule has 0 fully saturated rings. The number of rotatable bonds is 7. The van der Waals surface area contributed by atoms with Crippen molar-refractivity contribution in [1.82, 2.24) is 5.32 Å². The minimum Gasteiger partial charge on any atom is -0.465 e. The molecule has 1 unspecified atom stereocenters. The smallest absolute Gasteiger partial charge is 0.407 e. The van der Waals surface area contributed by atoms with Gasteiger partial charge in [-0.1, -0.05) is 12.1 Å². The van der Waals surface area contributed by atoms with Crippen molar-refractivity contribution in [3.63, 3.8) is 0 Å². The Labute approximate surface area is 124 Å². The van der Waals surface area contributed by atoms with Crippen molar-refractivity contribution in [3.8, 4) is 0 Å². The standard InChI is InChI=1S/C15H21NO5/c1-4-20-13(10-16-15(18)21-5-2)11-6-8-12(9-7-11)14(17)19-3/h6-9,13H,4-5,10H2,1-3H3,(H,16,18). The number of benzene rings is 1. The highest BCUT2D eigenvalue weighted by atomic mass is 16.5. The van der Waals surface area contributed by atoms with Crippen molar-refractivity contribution < 1.29 is 23.8 Å². The lowest BCUT2D eigenvalue weighted by molar-refractivity contribution is 0.0589. The summed E-state index contributed by atoms with van der Waals surface area (Å²) in [5.41, 5.74) is 1.33. The van der Waals surface area contributed by atoms with Crippen LogP contribution >= 0.6 is 0 Å². The average molecular weight is 295 g/mol. The summed E-state index contributed by atoms with van der Waals surface area (Å²) in [6.07, 6.45) is -0.778. The van der Waals surface area contributed by atoms with Crippen LogP contribution in [0.2, 0.25) is 0 Å². The van der Waals surface area contributed by atoms with Gasteiger partial charge in [-0.2, -0.15) is 0 Å². The quantitative estimate of drug-likeness (QED) is 0.781. The average Bonchev–Trinajstić information content (AvgIpc) is 2.51. The first-order chi connectivity index (χ1) is 10.1. The second-order valence-electron chi connectivity index (χ2n) is 4.16. The molecule has 6 nitrogen and oxygen atoms in total. The number of esters is 1. The summed E-state index contributed by atoms with van der Waals surface area (Å²) in [6.45, 7) is 4.74. The minimum atomic E-state index is -0.478. The maximum atomic E-state index is 11.4. The Kier molecular flexibility index (Phi) is 7.25. The number of carbonyl (C=O) groups is 2. The van der Waals surface area contributed by atoms with Crippen molar-refractivity contribution in [2.45, 2.75) is 20.0 Å². The normalized spacial score (nSPS) is 11.6. The number of alkyl carbamates (subject to hydrolysis) is 1. The molecular formula is C15H21NO5. The topological polar surface area (TPSA) is 73.9 Å². The Morgan fingerprint density at radius 1 is 1.14 bits per heavy atom. The molecule has 0 aliphatic rings. The molecule has 0 bridgehead atoms. The molecule has 1 N–H and O–H groups in total. The number of amides is 1. The van der Waals surface area contributed by atoms with Crippen LogP contribution in [0.3, 0.4) is 0 Å². The molecule has 6 heteroatoms. The summed E-state index contributed by atoms with van der Waals surface area (Å²) in [7, 11) is 1.34. The summed E-state index contributed by atoms with van der Waals surface area (Å²) < 4.78 is 15.0. The second kappa shape index (κ2) is 8.97. The molecular weight excluding hydrogens is 274 g/mol. The fraction of sp³-hybridized carbons (Fsp3) is 0.467. The van der Waals surface area contributed by atoms with Gasteiger partial charge in [0.15, 0.2) is 0 Å². The summed E-state index contributed by atoms with van der Waals surface area (Å²) in [4.78, 5) is 22.7. The number of hydrogen-bond donors (Lipinski definition) is 1. The van der Waals surface area contributed by atoms with Gasteiger partial charge in [-0.3, -0.25) is 0 Å². The van der Waals surface area contributed by atoms with Gasteiger partial charge in [0.25, 0.3) is 0 Å². The van der Waals surface area contributed by atoms with E-state index in [4.69, 9.17) is 9.47 Å². The Morgan fingerprint density at radius 3 is 2.33 bits per heavy atom. The fourth-order valence-electron chi connectivity index (χ4n) is 1.78. The van der Waals surface area contributed by atoms with E-state index in [9.17, 15) is 9.59 Å². The van der Waals surface area contributed by atoms with E-state index in [0.29, 0.717) is 25.3 Å². The Hall–Kier alpha value is -2.08. The molecule has 0 radical (unpaired) electrons. The fourth-order valence-corrected chi connectivity index (χ4v) is 1.78. The molecule has 21 heavy (non-hydrogen) atoms. The molecule has 1 amide bonds. The first kappa shape index (κ1) is 17.0. The van der Waals surface area contributed by atoms with Gasteiger partial charge < -0.3 is 19.5 Å².